The van der Waals surface area contributed by atoms with Gasteiger partial charge in [-0.15, -0.1) is 0 Å². The fraction of sp³-hybridized carbons (Fsp3) is 0.818. The summed E-state index contributed by atoms with van der Waals surface area (Å²) in [6, 6.07) is 1.04. The lowest BCUT2D eigenvalue weighted by Gasteiger charge is -2.32. The van der Waals surface area contributed by atoms with E-state index in [2.05, 4.69) is 5.32 Å². The maximum Gasteiger partial charge on any atom is 0.241 e. The predicted molar refractivity (Wildman–Crippen MR) is 68.6 cm³/mol. The zero-order valence-corrected chi connectivity index (χ0v) is 11.5. The SMILES string of the molecule is N#CCS(=O)(=O)N1CCCC1C(=O)N1CCNCC1. The van der Waals surface area contributed by atoms with Crippen LogP contribution in [0.1, 0.15) is 12.8 Å². The lowest BCUT2D eigenvalue weighted by atomic mass is 10.2. The van der Waals surface area contributed by atoms with Crippen LogP contribution in [-0.2, 0) is 14.8 Å². The van der Waals surface area contributed by atoms with Crippen LogP contribution in [0.25, 0.3) is 0 Å². The Morgan fingerprint density at radius 2 is 2.00 bits per heavy atom. The zero-order valence-electron chi connectivity index (χ0n) is 10.7. The van der Waals surface area contributed by atoms with E-state index in [1.807, 2.05) is 0 Å². The van der Waals surface area contributed by atoms with E-state index >= 15 is 0 Å². The Kier molecular flexibility index (Phi) is 4.39. The molecule has 0 aromatic carbocycles. The summed E-state index contributed by atoms with van der Waals surface area (Å²) < 4.78 is 25.1. The summed E-state index contributed by atoms with van der Waals surface area (Å²) in [5.41, 5.74) is 0. The van der Waals surface area contributed by atoms with Crippen LogP contribution in [-0.4, -0.2) is 68.0 Å². The minimum atomic E-state index is -3.63. The van der Waals surface area contributed by atoms with Crippen molar-refractivity contribution in [1.29, 1.82) is 5.26 Å². The van der Waals surface area contributed by atoms with Crippen LogP contribution < -0.4 is 5.32 Å². The highest BCUT2D eigenvalue weighted by Crippen LogP contribution is 2.23. The van der Waals surface area contributed by atoms with Crippen molar-refractivity contribution in [2.45, 2.75) is 18.9 Å². The lowest BCUT2D eigenvalue weighted by molar-refractivity contribution is -0.135. The van der Waals surface area contributed by atoms with Gasteiger partial charge in [0.05, 0.1) is 6.07 Å². The molecule has 7 nitrogen and oxygen atoms in total. The number of sulfonamides is 1. The van der Waals surface area contributed by atoms with E-state index in [1.165, 1.54) is 4.31 Å². The van der Waals surface area contributed by atoms with E-state index in [9.17, 15) is 13.2 Å². The van der Waals surface area contributed by atoms with Crippen LogP contribution in [0.15, 0.2) is 0 Å². The highest BCUT2D eigenvalue weighted by molar-refractivity contribution is 7.89. The third-order valence-corrected chi connectivity index (χ3v) is 5.17. The molecule has 1 unspecified atom stereocenters. The fourth-order valence-corrected chi connectivity index (χ4v) is 3.90. The number of hydrogen-bond acceptors (Lipinski definition) is 5. The minimum absolute atomic E-state index is 0.125. The molecular formula is C11H18N4O3S. The largest absolute Gasteiger partial charge is 0.339 e. The number of piperazine rings is 1. The van der Waals surface area contributed by atoms with Crippen molar-refractivity contribution >= 4 is 15.9 Å². The van der Waals surface area contributed by atoms with Gasteiger partial charge in [-0.25, -0.2) is 8.42 Å². The van der Waals surface area contributed by atoms with Crippen molar-refractivity contribution in [3.8, 4) is 6.07 Å². The van der Waals surface area contributed by atoms with Crippen molar-refractivity contribution < 1.29 is 13.2 Å². The molecule has 2 heterocycles. The van der Waals surface area contributed by atoms with Gasteiger partial charge in [0, 0.05) is 32.7 Å². The third kappa shape index (κ3) is 3.05. The molecule has 0 saturated carbocycles. The number of hydrogen-bond donors (Lipinski definition) is 1. The number of nitrogens with one attached hydrogen (secondary N) is 1. The van der Waals surface area contributed by atoms with E-state index < -0.39 is 21.8 Å². The minimum Gasteiger partial charge on any atom is -0.339 e. The molecular weight excluding hydrogens is 268 g/mol. The molecule has 1 N–H and O–H groups in total. The molecule has 0 radical (unpaired) electrons. The van der Waals surface area contributed by atoms with Crippen LogP contribution in [0.4, 0.5) is 0 Å². The molecule has 19 heavy (non-hydrogen) atoms. The number of carbonyl (C=O) groups excluding carboxylic acids is 1. The monoisotopic (exact) mass is 286 g/mol. The second-order valence-electron chi connectivity index (χ2n) is 4.76. The molecule has 0 bridgehead atoms. The quantitative estimate of drug-likeness (QED) is 0.698. The summed E-state index contributed by atoms with van der Waals surface area (Å²) in [6.07, 6.45) is 1.22. The average Bonchev–Trinajstić information content (AvgIpc) is 2.89. The van der Waals surface area contributed by atoms with E-state index in [0.29, 0.717) is 32.5 Å². The van der Waals surface area contributed by atoms with Crippen LogP contribution in [0, 0.1) is 11.3 Å². The first-order chi connectivity index (χ1) is 9.06. The van der Waals surface area contributed by atoms with Gasteiger partial charge in [0.25, 0.3) is 0 Å². The van der Waals surface area contributed by atoms with Gasteiger partial charge >= 0.3 is 0 Å². The maximum atomic E-state index is 12.4. The van der Waals surface area contributed by atoms with E-state index in [-0.39, 0.29) is 5.91 Å². The molecule has 0 aromatic heterocycles. The smallest absolute Gasteiger partial charge is 0.241 e. The van der Waals surface area contributed by atoms with Crippen molar-refractivity contribution in [3.63, 3.8) is 0 Å². The summed E-state index contributed by atoms with van der Waals surface area (Å²) >= 11 is 0. The summed E-state index contributed by atoms with van der Waals surface area (Å²) in [4.78, 5) is 14.1. The molecule has 2 rings (SSSR count). The molecule has 1 amide bonds. The normalized spacial score (nSPS) is 25.2. The topological polar surface area (TPSA) is 93.5 Å². The first-order valence-electron chi connectivity index (χ1n) is 6.42. The molecule has 1 atom stereocenters. The Morgan fingerprint density at radius 1 is 1.32 bits per heavy atom. The van der Waals surface area contributed by atoms with Crippen molar-refractivity contribution in [1.82, 2.24) is 14.5 Å². The van der Waals surface area contributed by atoms with Gasteiger partial charge in [-0.2, -0.15) is 9.57 Å². The lowest BCUT2D eigenvalue weighted by Crippen LogP contribution is -2.53. The van der Waals surface area contributed by atoms with Gasteiger partial charge in [-0.3, -0.25) is 4.79 Å². The zero-order chi connectivity index (χ0) is 13.9. The second-order valence-corrected chi connectivity index (χ2v) is 6.68. The second kappa shape index (κ2) is 5.86. The number of nitriles is 1. The first kappa shape index (κ1) is 14.2. The van der Waals surface area contributed by atoms with Gasteiger partial charge in [0.15, 0.2) is 5.75 Å². The summed E-state index contributed by atoms with van der Waals surface area (Å²) in [7, 11) is -3.63. The number of carbonyl (C=O) groups is 1. The molecule has 2 aliphatic rings. The van der Waals surface area contributed by atoms with Crippen LogP contribution in [0.5, 0.6) is 0 Å². The summed E-state index contributed by atoms with van der Waals surface area (Å²) in [5.74, 6) is -0.682. The van der Waals surface area contributed by atoms with Crippen molar-refractivity contribution in [2.75, 3.05) is 38.5 Å². The summed E-state index contributed by atoms with van der Waals surface area (Å²) in [5, 5.41) is 11.7. The average molecular weight is 286 g/mol. The number of nitrogens with zero attached hydrogens (tertiary/aromatic N) is 3. The summed E-state index contributed by atoms with van der Waals surface area (Å²) in [6.45, 7) is 3.04. The van der Waals surface area contributed by atoms with Gasteiger partial charge in [-0.1, -0.05) is 0 Å². The van der Waals surface area contributed by atoms with Gasteiger partial charge in [-0.05, 0) is 12.8 Å². The van der Waals surface area contributed by atoms with E-state index in [0.717, 1.165) is 13.1 Å². The molecule has 2 fully saturated rings. The van der Waals surface area contributed by atoms with Gasteiger partial charge in [0.2, 0.25) is 15.9 Å². The first-order valence-corrected chi connectivity index (χ1v) is 8.03. The highest BCUT2D eigenvalue weighted by Gasteiger charge is 2.40. The molecule has 2 saturated heterocycles. The highest BCUT2D eigenvalue weighted by atomic mass is 32.2. The molecule has 0 aromatic rings. The maximum absolute atomic E-state index is 12.4. The van der Waals surface area contributed by atoms with Crippen molar-refractivity contribution in [3.05, 3.63) is 0 Å². The third-order valence-electron chi connectivity index (χ3n) is 3.52. The number of amides is 1. The molecule has 106 valence electrons. The van der Waals surface area contributed by atoms with Crippen LogP contribution >= 0.6 is 0 Å². The Bertz CT molecular complexity index is 479. The van der Waals surface area contributed by atoms with Gasteiger partial charge < -0.3 is 10.2 Å². The van der Waals surface area contributed by atoms with Gasteiger partial charge in [0.1, 0.15) is 6.04 Å². The molecule has 0 aliphatic carbocycles. The Labute approximate surface area is 113 Å². The van der Waals surface area contributed by atoms with E-state index in [4.69, 9.17) is 5.26 Å². The van der Waals surface area contributed by atoms with Crippen LogP contribution in [0.2, 0.25) is 0 Å². The predicted octanol–water partition coefficient (Wildman–Crippen LogP) is -1.26. The Morgan fingerprint density at radius 3 is 2.63 bits per heavy atom. The fourth-order valence-electron chi connectivity index (χ4n) is 2.58. The molecule has 8 heteroatoms. The van der Waals surface area contributed by atoms with Crippen molar-refractivity contribution in [2.24, 2.45) is 0 Å². The standard InChI is InChI=1S/C11H18N4O3S/c12-3-9-19(17,18)15-6-1-2-10(15)11(16)14-7-4-13-5-8-14/h10,13H,1-2,4-9H2. The molecule has 2 aliphatic heterocycles. The Balaban J connectivity index is 2.10. The number of rotatable bonds is 3. The van der Waals surface area contributed by atoms with Crippen LogP contribution in [0.3, 0.4) is 0 Å². The molecule has 0 spiro atoms. The Hall–Kier alpha value is -1.17. The van der Waals surface area contributed by atoms with E-state index in [1.54, 1.807) is 11.0 Å².